The number of nitrogens with two attached hydrogens (primary N) is 2. The van der Waals surface area contributed by atoms with Crippen molar-refractivity contribution in [2.45, 2.75) is 57.8 Å². The summed E-state index contributed by atoms with van der Waals surface area (Å²) in [7, 11) is 2.68. The Balaban J connectivity index is 0.000000898. The van der Waals surface area contributed by atoms with E-state index in [1.807, 2.05) is 13.0 Å². The number of likely N-dealkylation sites (N-methyl/N-ethyl adjacent to an activating group) is 1. The van der Waals surface area contributed by atoms with Crippen LogP contribution in [0, 0.1) is 0 Å². The molecule has 2 aromatic heterocycles. The Morgan fingerprint density at radius 1 is 1.35 bits per heavy atom. The normalized spacial score (nSPS) is 16.9. The van der Waals surface area contributed by atoms with Gasteiger partial charge in [0.1, 0.15) is 6.29 Å². The Labute approximate surface area is 215 Å². The van der Waals surface area contributed by atoms with E-state index in [9.17, 15) is 8.78 Å². The second-order valence-corrected chi connectivity index (χ2v) is 8.69. The van der Waals surface area contributed by atoms with Crippen LogP contribution in [0.2, 0.25) is 0 Å². The first-order valence-electron chi connectivity index (χ1n) is 12.2. The van der Waals surface area contributed by atoms with E-state index in [0.29, 0.717) is 54.2 Å². The van der Waals surface area contributed by atoms with Crippen molar-refractivity contribution in [3.05, 3.63) is 35.1 Å². The van der Waals surface area contributed by atoms with Gasteiger partial charge in [0, 0.05) is 33.0 Å². The lowest BCUT2D eigenvalue weighted by Crippen LogP contribution is -2.43. The molecule has 37 heavy (non-hydrogen) atoms. The number of hydrogen-bond donors (Lipinski definition) is 4. The number of aliphatic hydroxyl groups excluding tert-OH is 1. The van der Waals surface area contributed by atoms with Crippen molar-refractivity contribution >= 4 is 23.6 Å². The van der Waals surface area contributed by atoms with Crippen LogP contribution in [0.15, 0.2) is 22.4 Å². The number of piperidine rings is 1. The number of rotatable bonds is 8. The molecule has 1 aliphatic carbocycles. The lowest BCUT2D eigenvalue weighted by Gasteiger charge is -2.35. The second-order valence-electron chi connectivity index (χ2n) is 8.69. The highest BCUT2D eigenvalue weighted by Gasteiger charge is 2.36. The molecule has 13 heteroatoms. The van der Waals surface area contributed by atoms with Crippen LogP contribution in [0.1, 0.15) is 62.7 Å². The summed E-state index contributed by atoms with van der Waals surface area (Å²) < 4.78 is 33.1. The molecule has 1 saturated carbocycles. The summed E-state index contributed by atoms with van der Waals surface area (Å²) in [5, 5.41) is 15.4. The van der Waals surface area contributed by atoms with Gasteiger partial charge in [-0.25, -0.2) is 19.6 Å². The number of hydrogen-bond acceptors (Lipinski definition) is 11. The number of hydrazine groups is 1. The molecule has 0 aromatic carbocycles. The van der Waals surface area contributed by atoms with Crippen LogP contribution < -0.4 is 21.8 Å². The monoisotopic (exact) mass is 524 g/mol. The zero-order valence-corrected chi connectivity index (χ0v) is 21.9. The zero-order chi connectivity index (χ0) is 27.6. The minimum atomic E-state index is -2.68. The van der Waals surface area contributed by atoms with E-state index >= 15 is 0 Å². The molecule has 6 N–H and O–H groups in total. The lowest BCUT2D eigenvalue weighted by atomic mass is 10.1. The number of aldehydes is 1. The molecule has 0 unspecified atom stereocenters. The van der Waals surface area contributed by atoms with Crippen LogP contribution in [0.3, 0.4) is 0 Å². The van der Waals surface area contributed by atoms with Gasteiger partial charge in [-0.05, 0) is 49.9 Å². The highest BCUT2D eigenvalue weighted by atomic mass is 19.3. The standard InChI is InChI=1S/C21H30F2N8O.C2H4O.CH4O/c1-3-14-16(31-10-4-9-21(22,23)12-31)8-7-15(27-14)18(24)17(30(2)25)11-26-20-28-19(32-29-20)13-5-6-13;1-2-3;1-2/h7-8,13H,3-6,9-12,24-25H2,1-2H3,(H,26,29);2H,1H3;2H,1H3/b18-17-;;. The van der Waals surface area contributed by atoms with Gasteiger partial charge in [0.05, 0.1) is 41.6 Å². The van der Waals surface area contributed by atoms with E-state index in [-0.39, 0.29) is 19.5 Å². The van der Waals surface area contributed by atoms with Crippen molar-refractivity contribution in [2.24, 2.45) is 11.6 Å². The molecule has 2 aromatic rings. The molecule has 2 aliphatic rings. The number of carbonyl (C=O) groups is 1. The van der Waals surface area contributed by atoms with Gasteiger partial charge in [0.15, 0.2) is 0 Å². The van der Waals surface area contributed by atoms with Crippen LogP contribution in [-0.4, -0.2) is 71.2 Å². The maximum atomic E-state index is 13.9. The predicted molar refractivity (Wildman–Crippen MR) is 138 cm³/mol. The summed E-state index contributed by atoms with van der Waals surface area (Å²) in [5.41, 5.74) is 9.39. The van der Waals surface area contributed by atoms with Crippen LogP contribution in [0.4, 0.5) is 20.4 Å². The van der Waals surface area contributed by atoms with Gasteiger partial charge in [-0.2, -0.15) is 4.98 Å². The fraction of sp³-hybridized carbons (Fsp3) is 0.583. The summed E-state index contributed by atoms with van der Waals surface area (Å²) in [6.07, 6.45) is 3.86. The van der Waals surface area contributed by atoms with Gasteiger partial charge in [0.25, 0.3) is 11.9 Å². The molecule has 206 valence electrons. The van der Waals surface area contributed by atoms with Gasteiger partial charge < -0.3 is 35.4 Å². The summed E-state index contributed by atoms with van der Waals surface area (Å²) in [4.78, 5) is 19.5. The Hall–Kier alpha value is -3.32. The molecule has 0 atom stereocenters. The molecule has 1 aliphatic heterocycles. The molecule has 3 heterocycles. The molecule has 4 rings (SSSR count). The number of aryl methyl sites for hydroxylation is 1. The molecular formula is C24H38F2N8O3. The van der Waals surface area contributed by atoms with Crippen LogP contribution in [-0.2, 0) is 11.2 Å². The number of carbonyl (C=O) groups excluding carboxylic acids is 1. The van der Waals surface area contributed by atoms with E-state index in [0.717, 1.165) is 37.6 Å². The largest absolute Gasteiger partial charge is 0.400 e. The van der Waals surface area contributed by atoms with Gasteiger partial charge in [-0.1, -0.05) is 6.92 Å². The summed E-state index contributed by atoms with van der Waals surface area (Å²) in [6.45, 7) is 3.96. The summed E-state index contributed by atoms with van der Waals surface area (Å²) in [5.74, 6) is 4.72. The first-order chi connectivity index (χ1) is 17.7. The fourth-order valence-electron chi connectivity index (χ4n) is 3.89. The number of nitrogens with one attached hydrogen (secondary N) is 1. The number of nitrogens with zero attached hydrogens (tertiary/aromatic N) is 5. The highest BCUT2D eigenvalue weighted by molar-refractivity contribution is 5.66. The number of anilines is 2. The third kappa shape index (κ3) is 8.35. The predicted octanol–water partition coefficient (Wildman–Crippen LogP) is 2.50. The zero-order valence-electron chi connectivity index (χ0n) is 21.9. The molecule has 0 bridgehead atoms. The quantitative estimate of drug-likeness (QED) is 0.228. The molecule has 0 amide bonds. The average molecular weight is 525 g/mol. The van der Waals surface area contributed by atoms with Crippen LogP contribution in [0.25, 0.3) is 5.70 Å². The fourth-order valence-corrected chi connectivity index (χ4v) is 3.89. The van der Waals surface area contributed by atoms with Gasteiger partial charge in [-0.15, -0.1) is 0 Å². The Morgan fingerprint density at radius 2 is 2.03 bits per heavy atom. The van der Waals surface area contributed by atoms with Crippen molar-refractivity contribution in [1.29, 1.82) is 0 Å². The maximum absolute atomic E-state index is 13.9. The van der Waals surface area contributed by atoms with Gasteiger partial charge in [-0.3, -0.25) is 0 Å². The molecule has 11 nitrogen and oxygen atoms in total. The van der Waals surface area contributed by atoms with Crippen molar-refractivity contribution in [3.8, 4) is 0 Å². The molecule has 2 fully saturated rings. The topological polar surface area (TPSA) is 160 Å². The van der Waals surface area contributed by atoms with Crippen molar-refractivity contribution < 1.29 is 23.2 Å². The summed E-state index contributed by atoms with van der Waals surface area (Å²) >= 11 is 0. The second kappa shape index (κ2) is 13.8. The van der Waals surface area contributed by atoms with Crippen molar-refractivity contribution in [2.75, 3.05) is 44.0 Å². The Kier molecular flexibility index (Phi) is 11.2. The minimum absolute atomic E-state index is 0.0755. The van der Waals surface area contributed by atoms with Crippen molar-refractivity contribution in [3.63, 3.8) is 0 Å². The molecule has 0 spiro atoms. The van der Waals surface area contributed by atoms with Gasteiger partial charge in [0.2, 0.25) is 5.89 Å². The first-order valence-corrected chi connectivity index (χ1v) is 12.2. The summed E-state index contributed by atoms with van der Waals surface area (Å²) in [6, 6.07) is 3.57. The molecule has 1 saturated heterocycles. The highest BCUT2D eigenvalue weighted by Crippen LogP contribution is 2.39. The Bertz CT molecular complexity index is 1040. The number of aliphatic hydroxyl groups is 1. The first kappa shape index (κ1) is 29.9. The van der Waals surface area contributed by atoms with E-state index in [1.165, 1.54) is 11.9 Å². The SMILES string of the molecule is CC=O.CCc1nc(/C(N)=C(\CNc2noc(C3CC3)n2)N(C)N)ccc1N1CCCC(F)(F)C1.CO. The lowest BCUT2D eigenvalue weighted by molar-refractivity contribution is -0.106. The minimum Gasteiger partial charge on any atom is -0.400 e. The molecule has 0 radical (unpaired) electrons. The number of alkyl halides is 2. The third-order valence-electron chi connectivity index (χ3n) is 5.81. The average Bonchev–Trinajstić information content (AvgIpc) is 3.62. The number of halogens is 2. The van der Waals surface area contributed by atoms with E-state index in [4.69, 9.17) is 26.0 Å². The van der Waals surface area contributed by atoms with Gasteiger partial charge >= 0.3 is 0 Å². The van der Waals surface area contributed by atoms with E-state index in [1.54, 1.807) is 18.0 Å². The smallest absolute Gasteiger partial charge is 0.265 e. The van der Waals surface area contributed by atoms with E-state index < -0.39 is 5.92 Å². The van der Waals surface area contributed by atoms with E-state index in [2.05, 4.69) is 20.4 Å². The van der Waals surface area contributed by atoms with Crippen LogP contribution >= 0.6 is 0 Å². The molecular weight excluding hydrogens is 486 g/mol. The maximum Gasteiger partial charge on any atom is 0.265 e. The number of aromatic nitrogens is 3. The van der Waals surface area contributed by atoms with Crippen LogP contribution in [0.5, 0.6) is 0 Å². The Morgan fingerprint density at radius 3 is 2.59 bits per heavy atom. The number of pyridine rings is 1. The third-order valence-corrected chi connectivity index (χ3v) is 5.81. The van der Waals surface area contributed by atoms with Crippen molar-refractivity contribution in [1.82, 2.24) is 20.1 Å².